The molecule has 1 aliphatic heterocycles. The minimum Gasteiger partial charge on any atom is -0.365 e. The molecule has 2 N–H and O–H groups in total. The summed E-state index contributed by atoms with van der Waals surface area (Å²) < 4.78 is 0. The number of amides is 1. The summed E-state index contributed by atoms with van der Waals surface area (Å²) in [5, 5.41) is 6.17. The highest BCUT2D eigenvalue weighted by atomic mass is 16.1. The Morgan fingerprint density at radius 1 is 1.23 bits per heavy atom. The number of nitrogens with zero attached hydrogens (tertiary/aromatic N) is 2. The summed E-state index contributed by atoms with van der Waals surface area (Å²) in [7, 11) is 1.65. The second-order valence-corrected chi connectivity index (χ2v) is 6.85. The van der Waals surface area contributed by atoms with E-state index in [0.717, 1.165) is 32.5 Å². The van der Waals surface area contributed by atoms with Crippen molar-refractivity contribution in [2.75, 3.05) is 32.0 Å². The third-order valence-electron chi connectivity index (χ3n) is 4.91. The maximum atomic E-state index is 12.0. The van der Waals surface area contributed by atoms with Gasteiger partial charge in [0.25, 0.3) is 5.91 Å². The Labute approximate surface area is 155 Å². The van der Waals surface area contributed by atoms with Gasteiger partial charge in [0.1, 0.15) is 5.82 Å². The molecule has 0 spiro atoms. The first-order valence-corrected chi connectivity index (χ1v) is 9.46. The van der Waals surface area contributed by atoms with Crippen LogP contribution in [-0.2, 0) is 6.42 Å². The molecule has 0 saturated carbocycles. The first-order chi connectivity index (χ1) is 12.8. The van der Waals surface area contributed by atoms with Gasteiger partial charge in [-0.05, 0) is 56.5 Å². The maximum absolute atomic E-state index is 12.0. The fraction of sp³-hybridized carbons (Fsp3) is 0.429. The van der Waals surface area contributed by atoms with Crippen LogP contribution in [0.15, 0.2) is 48.7 Å². The molecule has 5 heteroatoms. The summed E-state index contributed by atoms with van der Waals surface area (Å²) in [4.78, 5) is 18.9. The van der Waals surface area contributed by atoms with Crippen LogP contribution in [0, 0.1) is 0 Å². The van der Waals surface area contributed by atoms with Crippen molar-refractivity contribution in [1.29, 1.82) is 0 Å². The lowest BCUT2D eigenvalue weighted by Crippen LogP contribution is -2.43. The van der Waals surface area contributed by atoms with E-state index in [1.165, 1.54) is 18.4 Å². The Balaban J connectivity index is 1.52. The largest absolute Gasteiger partial charge is 0.365 e. The van der Waals surface area contributed by atoms with E-state index in [4.69, 9.17) is 0 Å². The number of anilines is 1. The molecular formula is C21H28N4O. The summed E-state index contributed by atoms with van der Waals surface area (Å²) >= 11 is 0. The zero-order chi connectivity index (χ0) is 18.2. The average Bonchev–Trinajstić information content (AvgIpc) is 2.69. The number of hydrogen-bond acceptors (Lipinski definition) is 4. The number of carbonyl (C=O) groups excluding carboxylic acids is 1. The van der Waals surface area contributed by atoms with Crippen LogP contribution in [0.4, 0.5) is 5.82 Å². The van der Waals surface area contributed by atoms with Gasteiger partial charge in [0.2, 0.25) is 0 Å². The molecule has 2 heterocycles. The zero-order valence-corrected chi connectivity index (χ0v) is 15.4. The Hall–Kier alpha value is -2.40. The number of benzene rings is 1. The van der Waals surface area contributed by atoms with Crippen molar-refractivity contribution >= 4 is 11.7 Å². The molecule has 2 aromatic rings. The highest BCUT2D eigenvalue weighted by Crippen LogP contribution is 2.18. The molecule has 3 rings (SSSR count). The van der Waals surface area contributed by atoms with Crippen LogP contribution in [0.1, 0.15) is 35.2 Å². The molecule has 1 amide bonds. The van der Waals surface area contributed by atoms with Crippen molar-refractivity contribution in [3.63, 3.8) is 0 Å². The van der Waals surface area contributed by atoms with E-state index in [-0.39, 0.29) is 5.91 Å². The third kappa shape index (κ3) is 5.05. The lowest BCUT2D eigenvalue weighted by atomic mass is 10.0. The molecule has 1 saturated heterocycles. The molecule has 0 aliphatic carbocycles. The van der Waals surface area contributed by atoms with Gasteiger partial charge >= 0.3 is 0 Å². The summed E-state index contributed by atoms with van der Waals surface area (Å²) in [5.74, 6) is 0.583. The molecule has 0 unspecified atom stereocenters. The molecule has 0 bridgehead atoms. The molecular weight excluding hydrogens is 324 g/mol. The normalized spacial score (nSPS) is 17.7. The van der Waals surface area contributed by atoms with E-state index in [2.05, 4.69) is 50.8 Å². The molecule has 1 aliphatic rings. The molecule has 5 nitrogen and oxygen atoms in total. The van der Waals surface area contributed by atoms with Gasteiger partial charge in [0.05, 0.1) is 5.56 Å². The van der Waals surface area contributed by atoms with Gasteiger partial charge in [-0.15, -0.1) is 0 Å². The smallest absolute Gasteiger partial charge is 0.254 e. The minimum atomic E-state index is -0.101. The standard InChI is InChI=1S/C21H28N4O/c1-22-21(26)19-12-5-13-23-20(19)24-18-11-7-15-25(16-18)14-6-10-17-8-3-2-4-9-17/h2-5,8-9,12-13,18H,6-7,10-11,14-16H2,1H3,(H,22,26)(H,23,24)/t18-/m0/s1. The molecule has 138 valence electrons. The second kappa shape index (κ2) is 9.34. The first kappa shape index (κ1) is 18.4. The van der Waals surface area contributed by atoms with Gasteiger partial charge in [0, 0.05) is 25.8 Å². The number of rotatable bonds is 7. The number of nitrogens with one attached hydrogen (secondary N) is 2. The predicted molar refractivity (Wildman–Crippen MR) is 105 cm³/mol. The number of pyridine rings is 1. The van der Waals surface area contributed by atoms with E-state index >= 15 is 0 Å². The lowest BCUT2D eigenvalue weighted by molar-refractivity contribution is 0.0963. The third-order valence-corrected chi connectivity index (χ3v) is 4.91. The van der Waals surface area contributed by atoms with E-state index in [0.29, 0.717) is 17.4 Å². The first-order valence-electron chi connectivity index (χ1n) is 9.46. The van der Waals surface area contributed by atoms with Crippen molar-refractivity contribution in [2.24, 2.45) is 0 Å². The lowest BCUT2D eigenvalue weighted by Gasteiger charge is -2.33. The van der Waals surface area contributed by atoms with Crippen molar-refractivity contribution in [3.8, 4) is 0 Å². The summed E-state index contributed by atoms with van der Waals surface area (Å²) in [6.45, 7) is 3.26. The fourth-order valence-electron chi connectivity index (χ4n) is 3.56. The Kier molecular flexibility index (Phi) is 6.61. The topological polar surface area (TPSA) is 57.3 Å². The van der Waals surface area contributed by atoms with Crippen molar-refractivity contribution < 1.29 is 4.79 Å². The van der Waals surface area contributed by atoms with Gasteiger partial charge < -0.3 is 15.5 Å². The Bertz CT molecular complexity index is 704. The highest BCUT2D eigenvalue weighted by Gasteiger charge is 2.21. The van der Waals surface area contributed by atoms with Crippen LogP contribution in [-0.4, -0.2) is 48.5 Å². The van der Waals surface area contributed by atoms with E-state index < -0.39 is 0 Å². The molecule has 1 aromatic heterocycles. The summed E-state index contributed by atoms with van der Waals surface area (Å²) in [5.41, 5.74) is 2.01. The van der Waals surface area contributed by atoms with Crippen LogP contribution in [0.2, 0.25) is 0 Å². The monoisotopic (exact) mass is 352 g/mol. The molecule has 1 aromatic carbocycles. The minimum absolute atomic E-state index is 0.101. The predicted octanol–water partition coefficient (Wildman–Crippen LogP) is 2.95. The van der Waals surface area contributed by atoms with Crippen molar-refractivity contribution in [2.45, 2.75) is 31.7 Å². The fourth-order valence-corrected chi connectivity index (χ4v) is 3.56. The van der Waals surface area contributed by atoms with Crippen molar-refractivity contribution in [1.82, 2.24) is 15.2 Å². The van der Waals surface area contributed by atoms with Crippen LogP contribution in [0.5, 0.6) is 0 Å². The SMILES string of the molecule is CNC(=O)c1cccnc1N[C@H]1CCCN(CCCc2ccccc2)C1. The number of hydrogen-bond donors (Lipinski definition) is 2. The second-order valence-electron chi connectivity index (χ2n) is 6.85. The Morgan fingerprint density at radius 3 is 2.88 bits per heavy atom. The average molecular weight is 352 g/mol. The number of likely N-dealkylation sites (tertiary alicyclic amines) is 1. The molecule has 1 atom stereocenters. The number of aryl methyl sites for hydroxylation is 1. The van der Waals surface area contributed by atoms with Gasteiger partial charge in [-0.3, -0.25) is 4.79 Å². The van der Waals surface area contributed by atoms with Crippen LogP contribution in [0.25, 0.3) is 0 Å². The van der Waals surface area contributed by atoms with Gasteiger partial charge in [-0.25, -0.2) is 4.98 Å². The van der Waals surface area contributed by atoms with E-state index in [1.54, 1.807) is 19.3 Å². The maximum Gasteiger partial charge on any atom is 0.254 e. The Morgan fingerprint density at radius 2 is 2.08 bits per heavy atom. The van der Waals surface area contributed by atoms with Gasteiger partial charge in [-0.1, -0.05) is 30.3 Å². The molecule has 26 heavy (non-hydrogen) atoms. The van der Waals surface area contributed by atoms with Gasteiger partial charge in [0.15, 0.2) is 0 Å². The van der Waals surface area contributed by atoms with E-state index in [1.807, 2.05) is 6.07 Å². The molecule has 0 radical (unpaired) electrons. The number of piperidine rings is 1. The number of carbonyl (C=O) groups is 1. The zero-order valence-electron chi connectivity index (χ0n) is 15.4. The van der Waals surface area contributed by atoms with E-state index in [9.17, 15) is 4.79 Å². The summed E-state index contributed by atoms with van der Waals surface area (Å²) in [6.07, 6.45) is 6.31. The van der Waals surface area contributed by atoms with Gasteiger partial charge in [-0.2, -0.15) is 0 Å². The van der Waals surface area contributed by atoms with Crippen molar-refractivity contribution in [3.05, 3.63) is 59.8 Å². The summed E-state index contributed by atoms with van der Waals surface area (Å²) in [6, 6.07) is 14.6. The van der Waals surface area contributed by atoms with Crippen LogP contribution in [0.3, 0.4) is 0 Å². The quantitative estimate of drug-likeness (QED) is 0.804. The van der Waals surface area contributed by atoms with Crippen LogP contribution >= 0.6 is 0 Å². The van der Waals surface area contributed by atoms with Crippen LogP contribution < -0.4 is 10.6 Å². The number of aromatic nitrogens is 1. The highest BCUT2D eigenvalue weighted by molar-refractivity contribution is 5.98. The molecule has 1 fully saturated rings.